The molecule has 0 radical (unpaired) electrons. The summed E-state index contributed by atoms with van der Waals surface area (Å²) < 4.78 is 4.96. The lowest BCUT2D eigenvalue weighted by Crippen LogP contribution is -2.19. The third-order valence-electron chi connectivity index (χ3n) is 3.27. The molecule has 7 nitrogen and oxygen atoms in total. The summed E-state index contributed by atoms with van der Waals surface area (Å²) in [5, 5.41) is 12.2. The first-order chi connectivity index (χ1) is 12.1. The number of esters is 1. The fourth-order valence-electron chi connectivity index (χ4n) is 2.07. The van der Waals surface area contributed by atoms with Crippen LogP contribution in [0.3, 0.4) is 0 Å². The second-order valence-corrected chi connectivity index (χ2v) is 5.54. The van der Waals surface area contributed by atoms with Gasteiger partial charge in [-0.2, -0.15) is 4.80 Å². The third-order valence-corrected chi connectivity index (χ3v) is 3.50. The van der Waals surface area contributed by atoms with Gasteiger partial charge in [-0.15, -0.1) is 10.2 Å². The lowest BCUT2D eigenvalue weighted by molar-refractivity contribution is -0.143. The van der Waals surface area contributed by atoms with Gasteiger partial charge in [0.2, 0.25) is 5.82 Å². The number of nitrogens with zero attached hydrogens (tertiary/aromatic N) is 4. The van der Waals surface area contributed by atoms with E-state index in [9.17, 15) is 9.59 Å². The molecule has 3 rings (SSSR count). The topological polar surface area (TPSA) is 87.0 Å². The minimum atomic E-state index is -0.632. The van der Waals surface area contributed by atoms with Gasteiger partial charge >= 0.3 is 5.97 Å². The molecular weight excluding hydrogens is 344 g/mol. The predicted molar refractivity (Wildman–Crippen MR) is 90.0 cm³/mol. The summed E-state index contributed by atoms with van der Waals surface area (Å²) >= 11 is 5.83. The van der Waals surface area contributed by atoms with Crippen LogP contribution in [-0.4, -0.2) is 38.6 Å². The first kappa shape index (κ1) is 16.8. The normalized spacial score (nSPS) is 10.4. The second kappa shape index (κ2) is 7.67. The first-order valence-corrected chi connectivity index (χ1v) is 7.77. The largest absolute Gasteiger partial charge is 0.456 e. The van der Waals surface area contributed by atoms with Crippen molar-refractivity contribution < 1.29 is 14.3 Å². The molecule has 0 aliphatic carbocycles. The van der Waals surface area contributed by atoms with Gasteiger partial charge in [0.25, 0.3) is 0 Å². The maximum atomic E-state index is 12.0. The van der Waals surface area contributed by atoms with Gasteiger partial charge in [-0.25, -0.2) is 4.79 Å². The number of halogens is 1. The summed E-state index contributed by atoms with van der Waals surface area (Å²) in [6.07, 6.45) is 0. The molecule has 0 N–H and O–H groups in total. The molecule has 0 saturated heterocycles. The maximum absolute atomic E-state index is 12.0. The first-order valence-electron chi connectivity index (χ1n) is 7.39. The van der Waals surface area contributed by atoms with Gasteiger partial charge in [0.1, 0.15) is 0 Å². The molecule has 0 aliphatic rings. The Kier molecular flexibility index (Phi) is 5.15. The van der Waals surface area contributed by atoms with Gasteiger partial charge in [0, 0.05) is 16.1 Å². The number of tetrazole rings is 1. The van der Waals surface area contributed by atoms with Crippen molar-refractivity contribution in [1.29, 1.82) is 0 Å². The van der Waals surface area contributed by atoms with Crippen LogP contribution >= 0.6 is 11.6 Å². The van der Waals surface area contributed by atoms with Gasteiger partial charge in [-0.3, -0.25) is 4.79 Å². The highest BCUT2D eigenvalue weighted by atomic mass is 35.5. The molecule has 8 heteroatoms. The molecule has 0 saturated carbocycles. The summed E-state index contributed by atoms with van der Waals surface area (Å²) in [5.74, 6) is -0.567. The molecule has 0 fully saturated rings. The van der Waals surface area contributed by atoms with Crippen LogP contribution in [0.2, 0.25) is 5.02 Å². The molecule has 0 aliphatic heterocycles. The Morgan fingerprint density at radius 2 is 1.88 bits per heavy atom. The van der Waals surface area contributed by atoms with E-state index in [0.29, 0.717) is 16.4 Å². The zero-order valence-electron chi connectivity index (χ0n) is 13.0. The van der Waals surface area contributed by atoms with E-state index in [2.05, 4.69) is 15.4 Å². The molecule has 1 aromatic heterocycles. The highest BCUT2D eigenvalue weighted by Crippen LogP contribution is 2.12. The Hall–Kier alpha value is -3.06. The van der Waals surface area contributed by atoms with Crippen molar-refractivity contribution in [2.75, 3.05) is 6.61 Å². The molecule has 0 atom stereocenters. The van der Waals surface area contributed by atoms with Crippen molar-refractivity contribution in [1.82, 2.24) is 20.2 Å². The molecule has 0 bridgehead atoms. The van der Waals surface area contributed by atoms with Gasteiger partial charge in [-0.05, 0) is 17.3 Å². The standard InChI is InChI=1S/C17H13ClN4O3/c18-14-8-4-7-13(9-14)15(23)11-25-16(24)10-22-20-17(19-21-22)12-5-2-1-3-6-12/h1-9H,10-11H2. The summed E-state index contributed by atoms with van der Waals surface area (Å²) in [7, 11) is 0. The summed E-state index contributed by atoms with van der Waals surface area (Å²) in [6, 6.07) is 15.7. The molecule has 0 spiro atoms. The van der Waals surface area contributed by atoms with E-state index < -0.39 is 5.97 Å². The quantitative estimate of drug-likeness (QED) is 0.498. The Morgan fingerprint density at radius 1 is 1.08 bits per heavy atom. The Morgan fingerprint density at radius 3 is 2.64 bits per heavy atom. The lowest BCUT2D eigenvalue weighted by Gasteiger charge is -2.04. The Balaban J connectivity index is 1.55. The average Bonchev–Trinajstić information content (AvgIpc) is 3.09. The minimum Gasteiger partial charge on any atom is -0.456 e. The monoisotopic (exact) mass is 356 g/mol. The number of ether oxygens (including phenoxy) is 1. The lowest BCUT2D eigenvalue weighted by atomic mass is 10.1. The SMILES string of the molecule is O=C(Cn1nnc(-c2ccccc2)n1)OCC(=O)c1cccc(Cl)c1. The fraction of sp³-hybridized carbons (Fsp3) is 0.118. The van der Waals surface area contributed by atoms with Crippen LogP contribution in [0.5, 0.6) is 0 Å². The minimum absolute atomic E-state index is 0.233. The molecule has 1 heterocycles. The molecule has 126 valence electrons. The predicted octanol–water partition coefficient (Wildman–Crippen LogP) is 2.42. The van der Waals surface area contributed by atoms with Crippen molar-refractivity contribution in [2.45, 2.75) is 6.54 Å². The number of benzene rings is 2. The number of rotatable bonds is 6. The molecule has 0 amide bonds. The molecule has 25 heavy (non-hydrogen) atoms. The number of aromatic nitrogens is 4. The van der Waals surface area contributed by atoms with Crippen molar-refractivity contribution in [3.05, 3.63) is 65.2 Å². The highest BCUT2D eigenvalue weighted by molar-refractivity contribution is 6.31. The number of carbonyl (C=O) groups excluding carboxylic acids is 2. The van der Waals surface area contributed by atoms with E-state index in [1.807, 2.05) is 30.3 Å². The summed E-state index contributed by atoms with van der Waals surface area (Å²) in [5.41, 5.74) is 1.17. The highest BCUT2D eigenvalue weighted by Gasteiger charge is 2.13. The van der Waals surface area contributed by atoms with Crippen LogP contribution < -0.4 is 0 Å². The zero-order valence-corrected chi connectivity index (χ0v) is 13.8. The number of ketones is 1. The van der Waals surface area contributed by atoms with Gasteiger partial charge < -0.3 is 4.74 Å². The Bertz CT molecular complexity index is 896. The second-order valence-electron chi connectivity index (χ2n) is 5.10. The van der Waals surface area contributed by atoms with Crippen LogP contribution in [0.4, 0.5) is 0 Å². The Labute approximate surface area is 148 Å². The van der Waals surface area contributed by atoms with Crippen molar-refractivity contribution in [3.63, 3.8) is 0 Å². The third kappa shape index (κ3) is 4.48. The van der Waals surface area contributed by atoms with E-state index in [1.54, 1.807) is 18.2 Å². The number of Topliss-reactive ketones (excluding diaryl/α,β-unsaturated/α-hetero) is 1. The van der Waals surface area contributed by atoms with Crippen molar-refractivity contribution >= 4 is 23.4 Å². The maximum Gasteiger partial charge on any atom is 0.330 e. The van der Waals surface area contributed by atoms with E-state index >= 15 is 0 Å². The van der Waals surface area contributed by atoms with E-state index in [4.69, 9.17) is 16.3 Å². The number of hydrogen-bond donors (Lipinski definition) is 0. The molecule has 2 aromatic carbocycles. The summed E-state index contributed by atoms with van der Waals surface area (Å²) in [6.45, 7) is -0.609. The van der Waals surface area contributed by atoms with Crippen molar-refractivity contribution in [3.8, 4) is 11.4 Å². The van der Waals surface area contributed by atoms with Gasteiger partial charge in [0.05, 0.1) is 0 Å². The van der Waals surface area contributed by atoms with Crippen LogP contribution in [0.15, 0.2) is 54.6 Å². The zero-order chi connectivity index (χ0) is 17.6. The van der Waals surface area contributed by atoms with Crippen LogP contribution in [0, 0.1) is 0 Å². The van der Waals surface area contributed by atoms with E-state index in [1.165, 1.54) is 6.07 Å². The number of carbonyl (C=O) groups is 2. The molecular formula is C17H13ClN4O3. The summed E-state index contributed by atoms with van der Waals surface area (Å²) in [4.78, 5) is 24.9. The molecule has 0 unspecified atom stereocenters. The van der Waals surface area contributed by atoms with Crippen LogP contribution in [0.25, 0.3) is 11.4 Å². The van der Waals surface area contributed by atoms with E-state index in [0.717, 1.165) is 10.4 Å². The van der Waals surface area contributed by atoms with Crippen LogP contribution in [0.1, 0.15) is 10.4 Å². The van der Waals surface area contributed by atoms with Gasteiger partial charge in [0.15, 0.2) is 18.9 Å². The van der Waals surface area contributed by atoms with Crippen LogP contribution in [-0.2, 0) is 16.1 Å². The van der Waals surface area contributed by atoms with Crippen molar-refractivity contribution in [2.24, 2.45) is 0 Å². The average molecular weight is 357 g/mol. The van der Waals surface area contributed by atoms with Gasteiger partial charge in [-0.1, -0.05) is 54.1 Å². The number of hydrogen-bond acceptors (Lipinski definition) is 6. The fourth-order valence-corrected chi connectivity index (χ4v) is 2.26. The van der Waals surface area contributed by atoms with E-state index in [-0.39, 0.29) is 18.9 Å². The molecule has 3 aromatic rings. The smallest absolute Gasteiger partial charge is 0.330 e.